The molecule has 1 N–H and O–H groups in total. The second kappa shape index (κ2) is 5.75. The van der Waals surface area contributed by atoms with Crippen LogP contribution in [0.4, 0.5) is 0 Å². The third kappa shape index (κ3) is 3.36. The molecule has 0 aromatic carbocycles. The zero-order chi connectivity index (χ0) is 12.3. The molecule has 1 heterocycles. The standard InChI is InChI=1S/C16H27NO/c1(5-13-17-14-7-8-14)2-6-15-9-12-16(18-15)10-3-4-11-16/h1-2,14-15,17H,3-13H2/b2-1+. The van der Waals surface area contributed by atoms with Gasteiger partial charge in [-0.15, -0.1) is 0 Å². The number of nitrogens with one attached hydrogen (secondary N) is 1. The highest BCUT2D eigenvalue weighted by Crippen LogP contribution is 2.43. The fraction of sp³-hybridized carbons (Fsp3) is 0.875. The minimum Gasteiger partial charge on any atom is -0.371 e. The summed E-state index contributed by atoms with van der Waals surface area (Å²) >= 11 is 0. The van der Waals surface area contributed by atoms with Crippen LogP contribution < -0.4 is 5.32 Å². The van der Waals surface area contributed by atoms with E-state index in [1.165, 1.54) is 57.8 Å². The highest BCUT2D eigenvalue weighted by Gasteiger charge is 2.41. The molecule has 1 unspecified atom stereocenters. The SMILES string of the molecule is C(=C\CC1CCC2(CCCC2)O1)/CCNC1CC1. The summed E-state index contributed by atoms with van der Waals surface area (Å²) in [6, 6.07) is 0.846. The third-order valence-electron chi connectivity index (χ3n) is 4.74. The van der Waals surface area contributed by atoms with Crippen molar-refractivity contribution in [2.24, 2.45) is 0 Å². The van der Waals surface area contributed by atoms with Crippen LogP contribution in [0, 0.1) is 0 Å². The zero-order valence-electron chi connectivity index (χ0n) is 11.5. The molecule has 2 saturated carbocycles. The molecule has 0 aromatic rings. The Bertz CT molecular complexity index is 289. The van der Waals surface area contributed by atoms with Crippen LogP contribution in [-0.2, 0) is 4.74 Å². The van der Waals surface area contributed by atoms with E-state index in [9.17, 15) is 0 Å². The molecule has 1 atom stereocenters. The summed E-state index contributed by atoms with van der Waals surface area (Å²) < 4.78 is 6.30. The van der Waals surface area contributed by atoms with Gasteiger partial charge in [0.25, 0.3) is 0 Å². The molecule has 2 heteroatoms. The zero-order valence-corrected chi connectivity index (χ0v) is 11.5. The lowest BCUT2D eigenvalue weighted by Gasteiger charge is -2.23. The molecular weight excluding hydrogens is 222 g/mol. The van der Waals surface area contributed by atoms with E-state index >= 15 is 0 Å². The maximum atomic E-state index is 6.30. The molecule has 3 rings (SSSR count). The van der Waals surface area contributed by atoms with Gasteiger partial charge in [0.05, 0.1) is 11.7 Å². The van der Waals surface area contributed by atoms with Crippen LogP contribution in [0.15, 0.2) is 12.2 Å². The van der Waals surface area contributed by atoms with Crippen molar-refractivity contribution >= 4 is 0 Å². The first-order chi connectivity index (χ1) is 8.86. The predicted molar refractivity (Wildman–Crippen MR) is 74.7 cm³/mol. The van der Waals surface area contributed by atoms with Crippen LogP contribution in [0.2, 0.25) is 0 Å². The molecule has 2 nitrogen and oxygen atoms in total. The molecule has 1 spiro atoms. The Morgan fingerprint density at radius 3 is 2.67 bits per heavy atom. The highest BCUT2D eigenvalue weighted by atomic mass is 16.5. The first kappa shape index (κ1) is 12.7. The first-order valence-electron chi connectivity index (χ1n) is 7.93. The summed E-state index contributed by atoms with van der Waals surface area (Å²) in [5.74, 6) is 0. The molecule has 0 amide bonds. The predicted octanol–water partition coefficient (Wildman–Crippen LogP) is 3.57. The Balaban J connectivity index is 1.30. The van der Waals surface area contributed by atoms with Crippen molar-refractivity contribution in [2.45, 2.75) is 82.0 Å². The van der Waals surface area contributed by atoms with Crippen molar-refractivity contribution in [1.82, 2.24) is 5.32 Å². The summed E-state index contributed by atoms with van der Waals surface area (Å²) in [6.45, 7) is 1.15. The Labute approximate surface area is 111 Å². The summed E-state index contributed by atoms with van der Waals surface area (Å²) in [6.07, 6.45) is 18.3. The van der Waals surface area contributed by atoms with E-state index in [-0.39, 0.29) is 0 Å². The van der Waals surface area contributed by atoms with Crippen molar-refractivity contribution in [3.63, 3.8) is 0 Å². The lowest BCUT2D eigenvalue weighted by Crippen LogP contribution is -2.24. The second-order valence-electron chi connectivity index (χ2n) is 6.39. The van der Waals surface area contributed by atoms with Crippen LogP contribution in [0.1, 0.15) is 64.2 Å². The van der Waals surface area contributed by atoms with E-state index < -0.39 is 0 Å². The van der Waals surface area contributed by atoms with Gasteiger partial charge in [-0.05, 0) is 57.9 Å². The van der Waals surface area contributed by atoms with Crippen molar-refractivity contribution in [3.8, 4) is 0 Å². The molecule has 3 aliphatic rings. The van der Waals surface area contributed by atoms with E-state index in [1.54, 1.807) is 0 Å². The Morgan fingerprint density at radius 2 is 1.89 bits per heavy atom. The first-order valence-corrected chi connectivity index (χ1v) is 7.93. The average molecular weight is 249 g/mol. The lowest BCUT2D eigenvalue weighted by molar-refractivity contribution is -0.0345. The highest BCUT2D eigenvalue weighted by molar-refractivity contribution is 4.95. The molecular formula is C16H27NO. The molecule has 18 heavy (non-hydrogen) atoms. The molecule has 0 radical (unpaired) electrons. The van der Waals surface area contributed by atoms with Crippen molar-refractivity contribution in [2.75, 3.05) is 6.54 Å². The Morgan fingerprint density at radius 1 is 1.06 bits per heavy atom. The van der Waals surface area contributed by atoms with Gasteiger partial charge < -0.3 is 10.1 Å². The fourth-order valence-corrected chi connectivity index (χ4v) is 3.47. The van der Waals surface area contributed by atoms with Crippen LogP contribution in [0.25, 0.3) is 0 Å². The summed E-state index contributed by atoms with van der Waals surface area (Å²) in [5, 5.41) is 3.54. The van der Waals surface area contributed by atoms with Crippen molar-refractivity contribution in [3.05, 3.63) is 12.2 Å². The quantitative estimate of drug-likeness (QED) is 0.574. The average Bonchev–Trinajstić information content (AvgIpc) is 2.96. The van der Waals surface area contributed by atoms with E-state index in [2.05, 4.69) is 17.5 Å². The summed E-state index contributed by atoms with van der Waals surface area (Å²) in [7, 11) is 0. The lowest BCUT2D eigenvalue weighted by atomic mass is 9.98. The minimum absolute atomic E-state index is 0.312. The summed E-state index contributed by atoms with van der Waals surface area (Å²) in [4.78, 5) is 0. The normalized spacial score (nSPS) is 30.8. The molecule has 1 saturated heterocycles. The van der Waals surface area contributed by atoms with Crippen molar-refractivity contribution < 1.29 is 4.74 Å². The molecule has 0 bridgehead atoms. The van der Waals surface area contributed by atoms with Gasteiger partial charge >= 0.3 is 0 Å². The van der Waals surface area contributed by atoms with Gasteiger partial charge in [0.1, 0.15) is 0 Å². The number of rotatable bonds is 6. The van der Waals surface area contributed by atoms with Gasteiger partial charge in [0.2, 0.25) is 0 Å². The van der Waals surface area contributed by atoms with E-state index in [4.69, 9.17) is 4.74 Å². The second-order valence-corrected chi connectivity index (χ2v) is 6.39. The maximum Gasteiger partial charge on any atom is 0.0687 e. The Hall–Kier alpha value is -0.340. The molecule has 102 valence electrons. The number of ether oxygens (including phenoxy) is 1. The number of hydrogen-bond acceptors (Lipinski definition) is 2. The number of hydrogen-bond donors (Lipinski definition) is 1. The van der Waals surface area contributed by atoms with Gasteiger partial charge in [-0.25, -0.2) is 0 Å². The van der Waals surface area contributed by atoms with Gasteiger partial charge in [0, 0.05) is 6.04 Å². The van der Waals surface area contributed by atoms with Gasteiger partial charge in [-0.2, -0.15) is 0 Å². The fourth-order valence-electron chi connectivity index (χ4n) is 3.47. The van der Waals surface area contributed by atoms with Crippen LogP contribution in [0.5, 0.6) is 0 Å². The van der Waals surface area contributed by atoms with Gasteiger partial charge in [-0.1, -0.05) is 25.0 Å². The summed E-state index contributed by atoms with van der Waals surface area (Å²) in [5.41, 5.74) is 0.312. The molecule has 0 aromatic heterocycles. The maximum absolute atomic E-state index is 6.30. The topological polar surface area (TPSA) is 21.3 Å². The Kier molecular flexibility index (Phi) is 4.05. The van der Waals surface area contributed by atoms with Gasteiger partial charge in [0.15, 0.2) is 0 Å². The van der Waals surface area contributed by atoms with E-state index in [1.807, 2.05) is 0 Å². The van der Waals surface area contributed by atoms with Crippen LogP contribution in [-0.4, -0.2) is 24.3 Å². The van der Waals surface area contributed by atoms with Crippen LogP contribution in [0.3, 0.4) is 0 Å². The molecule has 2 aliphatic carbocycles. The minimum atomic E-state index is 0.312. The van der Waals surface area contributed by atoms with E-state index in [0.29, 0.717) is 11.7 Å². The monoisotopic (exact) mass is 249 g/mol. The molecule has 3 fully saturated rings. The molecule has 1 aliphatic heterocycles. The largest absolute Gasteiger partial charge is 0.371 e. The van der Waals surface area contributed by atoms with Crippen LogP contribution >= 0.6 is 0 Å². The van der Waals surface area contributed by atoms with Gasteiger partial charge in [-0.3, -0.25) is 0 Å². The van der Waals surface area contributed by atoms with E-state index in [0.717, 1.165) is 19.0 Å². The third-order valence-corrected chi connectivity index (χ3v) is 4.74. The smallest absolute Gasteiger partial charge is 0.0687 e. The van der Waals surface area contributed by atoms with Crippen molar-refractivity contribution in [1.29, 1.82) is 0 Å².